The molecule has 0 bridgehead atoms. The van der Waals surface area contributed by atoms with E-state index < -0.39 is 11.8 Å². The summed E-state index contributed by atoms with van der Waals surface area (Å²) in [5.41, 5.74) is 0.854. The third-order valence-electron chi connectivity index (χ3n) is 3.75. The quantitative estimate of drug-likeness (QED) is 0.483. The molecule has 0 spiro atoms. The number of thiocarbonyl (C=S) groups is 1. The van der Waals surface area contributed by atoms with E-state index in [0.29, 0.717) is 0 Å². The van der Waals surface area contributed by atoms with Crippen molar-refractivity contribution in [2.45, 2.75) is 26.4 Å². The highest BCUT2D eigenvalue weighted by Gasteiger charge is 2.35. The van der Waals surface area contributed by atoms with Crippen molar-refractivity contribution in [1.82, 2.24) is 9.80 Å². The number of hydrogen-bond acceptors (Lipinski definition) is 4. The number of hydrogen-bond donors (Lipinski definition) is 0. The molecule has 5 nitrogen and oxygen atoms in total. The SMILES string of the molecule is CC[C@H](C)Oc1ccc(C=C2C(=O)N(C)C(=S)N(C)C2=O)cc1. The predicted octanol–water partition coefficient (Wildman–Crippen LogP) is 2.46. The van der Waals surface area contributed by atoms with Crippen molar-refractivity contribution < 1.29 is 14.3 Å². The highest BCUT2D eigenvalue weighted by atomic mass is 32.1. The second-order valence-electron chi connectivity index (χ2n) is 5.47. The maximum absolute atomic E-state index is 12.2. The first kappa shape index (κ1) is 17.1. The maximum atomic E-state index is 12.2. The van der Waals surface area contributed by atoms with E-state index in [1.54, 1.807) is 20.2 Å². The van der Waals surface area contributed by atoms with Crippen LogP contribution in [0, 0.1) is 0 Å². The Bertz CT molecular complexity index is 641. The fraction of sp³-hybridized carbons (Fsp3) is 0.353. The van der Waals surface area contributed by atoms with Gasteiger partial charge in [-0.15, -0.1) is 0 Å². The summed E-state index contributed by atoms with van der Waals surface area (Å²) in [7, 11) is 3.12. The molecule has 0 N–H and O–H groups in total. The van der Waals surface area contributed by atoms with Crippen LogP contribution in [0.2, 0.25) is 0 Å². The molecule has 0 aromatic heterocycles. The standard InChI is InChI=1S/C17H20N2O3S/c1-5-11(2)22-13-8-6-12(7-9-13)10-14-15(20)18(3)17(23)19(4)16(14)21/h6-11H,5H2,1-4H3/t11-/m0/s1. The molecule has 1 aromatic carbocycles. The van der Waals surface area contributed by atoms with Crippen molar-refractivity contribution in [3.8, 4) is 5.75 Å². The van der Waals surface area contributed by atoms with Gasteiger partial charge in [-0.3, -0.25) is 19.4 Å². The molecule has 1 heterocycles. The molecule has 23 heavy (non-hydrogen) atoms. The Labute approximate surface area is 141 Å². The van der Waals surface area contributed by atoms with Gasteiger partial charge in [-0.25, -0.2) is 0 Å². The number of rotatable bonds is 4. The van der Waals surface area contributed by atoms with Gasteiger partial charge in [0, 0.05) is 14.1 Å². The summed E-state index contributed by atoms with van der Waals surface area (Å²) in [6, 6.07) is 7.29. The highest BCUT2D eigenvalue weighted by molar-refractivity contribution is 7.80. The van der Waals surface area contributed by atoms with Crippen LogP contribution in [0.25, 0.3) is 6.08 Å². The topological polar surface area (TPSA) is 49.9 Å². The van der Waals surface area contributed by atoms with Gasteiger partial charge in [0.15, 0.2) is 5.11 Å². The molecule has 0 aliphatic carbocycles. The van der Waals surface area contributed by atoms with Gasteiger partial charge < -0.3 is 4.74 Å². The van der Waals surface area contributed by atoms with E-state index in [4.69, 9.17) is 17.0 Å². The summed E-state index contributed by atoms with van der Waals surface area (Å²) in [5.74, 6) is -0.0192. The smallest absolute Gasteiger partial charge is 0.265 e. The Morgan fingerprint density at radius 1 is 1.13 bits per heavy atom. The molecule has 1 atom stereocenters. The van der Waals surface area contributed by atoms with E-state index in [1.165, 1.54) is 9.80 Å². The van der Waals surface area contributed by atoms with E-state index in [1.807, 2.05) is 31.2 Å². The lowest BCUT2D eigenvalue weighted by Gasteiger charge is -2.31. The monoisotopic (exact) mass is 332 g/mol. The van der Waals surface area contributed by atoms with Gasteiger partial charge in [-0.05, 0) is 49.3 Å². The third-order valence-corrected chi connectivity index (χ3v) is 4.29. The second-order valence-corrected chi connectivity index (χ2v) is 5.84. The lowest BCUT2D eigenvalue weighted by Crippen LogP contribution is -2.52. The molecule has 1 aliphatic heterocycles. The number of nitrogens with zero attached hydrogens (tertiary/aromatic N) is 2. The first-order valence-corrected chi connectivity index (χ1v) is 7.84. The Kier molecular flexibility index (Phi) is 5.15. The lowest BCUT2D eigenvalue weighted by molar-refractivity contribution is -0.132. The van der Waals surface area contributed by atoms with Crippen LogP contribution < -0.4 is 4.74 Å². The molecule has 1 fully saturated rings. The van der Waals surface area contributed by atoms with Crippen molar-refractivity contribution in [3.05, 3.63) is 35.4 Å². The fourth-order valence-electron chi connectivity index (χ4n) is 2.10. The van der Waals surface area contributed by atoms with E-state index in [-0.39, 0.29) is 16.8 Å². The van der Waals surface area contributed by atoms with Gasteiger partial charge in [-0.1, -0.05) is 19.1 Å². The van der Waals surface area contributed by atoms with Gasteiger partial charge in [0.25, 0.3) is 11.8 Å². The summed E-state index contributed by atoms with van der Waals surface area (Å²) in [5, 5.41) is 0.203. The number of carbonyl (C=O) groups is 2. The average Bonchev–Trinajstić information content (AvgIpc) is 2.56. The maximum Gasteiger partial charge on any atom is 0.265 e. The zero-order valence-electron chi connectivity index (χ0n) is 13.7. The first-order valence-electron chi connectivity index (χ1n) is 7.43. The van der Waals surface area contributed by atoms with Gasteiger partial charge in [-0.2, -0.15) is 0 Å². The molecule has 1 aromatic rings. The summed E-state index contributed by atoms with van der Waals surface area (Å²) in [4.78, 5) is 27.1. The first-order chi connectivity index (χ1) is 10.8. The summed E-state index contributed by atoms with van der Waals surface area (Å²) in [6.07, 6.45) is 2.64. The minimum atomic E-state index is -0.391. The van der Waals surface area contributed by atoms with Crippen LogP contribution in [0.5, 0.6) is 5.75 Å². The van der Waals surface area contributed by atoms with Crippen LogP contribution >= 0.6 is 12.2 Å². The largest absolute Gasteiger partial charge is 0.491 e. The van der Waals surface area contributed by atoms with E-state index in [0.717, 1.165) is 17.7 Å². The summed E-state index contributed by atoms with van der Waals surface area (Å²) in [6.45, 7) is 4.06. The van der Waals surface area contributed by atoms with Crippen molar-refractivity contribution in [2.24, 2.45) is 0 Å². The minimum Gasteiger partial charge on any atom is -0.491 e. The molecule has 6 heteroatoms. The fourth-order valence-corrected chi connectivity index (χ4v) is 2.27. The minimum absolute atomic E-state index is 0.0965. The van der Waals surface area contributed by atoms with Crippen LogP contribution in [-0.4, -0.2) is 46.9 Å². The van der Waals surface area contributed by atoms with Crippen molar-refractivity contribution in [1.29, 1.82) is 0 Å². The third kappa shape index (κ3) is 3.59. The van der Waals surface area contributed by atoms with Crippen LogP contribution in [0.15, 0.2) is 29.8 Å². The summed E-state index contributed by atoms with van der Waals surface area (Å²) < 4.78 is 5.71. The Hall–Kier alpha value is -2.21. The Morgan fingerprint density at radius 3 is 2.13 bits per heavy atom. The number of likely N-dealkylation sites (N-methyl/N-ethyl adjacent to an activating group) is 2. The lowest BCUT2D eigenvalue weighted by atomic mass is 10.1. The molecule has 1 saturated heterocycles. The highest BCUT2D eigenvalue weighted by Crippen LogP contribution is 2.20. The zero-order chi connectivity index (χ0) is 17.1. The van der Waals surface area contributed by atoms with Crippen molar-refractivity contribution >= 4 is 35.2 Å². The Morgan fingerprint density at radius 2 is 1.65 bits per heavy atom. The Balaban J connectivity index is 2.25. The van der Waals surface area contributed by atoms with Crippen LogP contribution in [0.4, 0.5) is 0 Å². The molecule has 0 radical (unpaired) electrons. The van der Waals surface area contributed by atoms with E-state index in [2.05, 4.69) is 6.92 Å². The molecular weight excluding hydrogens is 312 g/mol. The average molecular weight is 332 g/mol. The van der Waals surface area contributed by atoms with E-state index >= 15 is 0 Å². The number of carbonyl (C=O) groups excluding carboxylic acids is 2. The van der Waals surface area contributed by atoms with Gasteiger partial charge in [0.1, 0.15) is 11.3 Å². The molecule has 0 unspecified atom stereocenters. The number of amides is 2. The molecule has 1 aliphatic rings. The van der Waals surface area contributed by atoms with Crippen LogP contribution in [-0.2, 0) is 9.59 Å². The molecular formula is C17H20N2O3S. The van der Waals surface area contributed by atoms with E-state index in [9.17, 15) is 9.59 Å². The number of ether oxygens (including phenoxy) is 1. The second kappa shape index (κ2) is 6.91. The van der Waals surface area contributed by atoms with Gasteiger partial charge >= 0.3 is 0 Å². The predicted molar refractivity (Wildman–Crippen MR) is 92.9 cm³/mol. The van der Waals surface area contributed by atoms with Crippen LogP contribution in [0.3, 0.4) is 0 Å². The van der Waals surface area contributed by atoms with Crippen LogP contribution in [0.1, 0.15) is 25.8 Å². The molecule has 2 amide bonds. The molecule has 122 valence electrons. The molecule has 2 rings (SSSR count). The summed E-state index contributed by atoms with van der Waals surface area (Å²) >= 11 is 5.06. The van der Waals surface area contributed by atoms with Gasteiger partial charge in [0.05, 0.1) is 6.10 Å². The molecule has 0 saturated carbocycles. The van der Waals surface area contributed by atoms with Crippen molar-refractivity contribution in [3.63, 3.8) is 0 Å². The number of benzene rings is 1. The van der Waals surface area contributed by atoms with Crippen molar-refractivity contribution in [2.75, 3.05) is 14.1 Å². The van der Waals surface area contributed by atoms with Gasteiger partial charge in [0.2, 0.25) is 0 Å². The normalized spacial score (nSPS) is 16.7. The zero-order valence-corrected chi connectivity index (χ0v) is 14.5.